The van der Waals surface area contributed by atoms with E-state index in [4.69, 9.17) is 14.2 Å². The summed E-state index contributed by atoms with van der Waals surface area (Å²) in [5, 5.41) is 0. The van der Waals surface area contributed by atoms with Crippen LogP contribution in [-0.2, 0) is 28.6 Å². The van der Waals surface area contributed by atoms with Gasteiger partial charge in [0.15, 0.2) is 6.10 Å². The van der Waals surface area contributed by atoms with Gasteiger partial charge in [-0.1, -0.05) is 298 Å². The molecular formula is C71H124O6. The standard InChI is InChI=1S/C71H124O6/c1-4-7-10-13-16-19-22-25-27-29-30-31-32-33-34-35-36-37-38-39-40-42-43-46-49-52-55-58-61-64-70(73)76-67-68(66-75-69(72)63-60-57-54-51-48-45-24-21-18-15-12-9-6-3)77-71(74)65-62-59-56-53-50-47-44-41-28-26-23-20-17-14-11-8-5-2/h7,10,16,19,25-28,30-31,33-34,36-37,68H,4-6,8-9,11-15,17-18,20-24,29,32,35,38-67H2,1-3H3/b10-7-,19-16-,27-25-,28-26-,31-30-,34-33-,37-36-. The number of esters is 3. The SMILES string of the molecule is CC/C=C\C/C=C\C/C=C\C/C=C\C/C=C\C/C=C\CCCCCCCCCCCCC(=O)OCC(COC(=O)CCCCCCCCCCCCCCC)OC(=O)CCCCCCCCC/C=C\CCCCCCCC. The van der Waals surface area contributed by atoms with Crippen LogP contribution in [0.5, 0.6) is 0 Å². The Bertz CT molecular complexity index is 1470. The van der Waals surface area contributed by atoms with Crippen molar-refractivity contribution in [3.63, 3.8) is 0 Å². The molecule has 0 aliphatic carbocycles. The van der Waals surface area contributed by atoms with Crippen LogP contribution in [0.15, 0.2) is 85.1 Å². The lowest BCUT2D eigenvalue weighted by Gasteiger charge is -2.18. The van der Waals surface area contributed by atoms with Crippen molar-refractivity contribution >= 4 is 17.9 Å². The molecule has 0 aromatic carbocycles. The van der Waals surface area contributed by atoms with Crippen molar-refractivity contribution in [3.8, 4) is 0 Å². The van der Waals surface area contributed by atoms with Crippen LogP contribution in [0.25, 0.3) is 0 Å². The lowest BCUT2D eigenvalue weighted by atomic mass is 10.0. The Morgan fingerprint density at radius 1 is 0.273 bits per heavy atom. The Kier molecular flexibility index (Phi) is 62.2. The number of ether oxygens (including phenoxy) is 3. The van der Waals surface area contributed by atoms with Crippen molar-refractivity contribution in [2.24, 2.45) is 0 Å². The first-order valence-electron chi connectivity index (χ1n) is 33.1. The lowest BCUT2D eigenvalue weighted by molar-refractivity contribution is -0.167. The molecule has 0 spiro atoms. The van der Waals surface area contributed by atoms with Gasteiger partial charge in [0.05, 0.1) is 0 Å². The lowest BCUT2D eigenvalue weighted by Crippen LogP contribution is -2.30. The molecule has 77 heavy (non-hydrogen) atoms. The van der Waals surface area contributed by atoms with Gasteiger partial charge < -0.3 is 14.2 Å². The van der Waals surface area contributed by atoms with Crippen molar-refractivity contribution in [1.29, 1.82) is 0 Å². The van der Waals surface area contributed by atoms with E-state index < -0.39 is 6.10 Å². The Morgan fingerprint density at radius 3 is 0.805 bits per heavy atom. The molecule has 0 aliphatic rings. The Morgan fingerprint density at radius 2 is 0.506 bits per heavy atom. The molecule has 0 heterocycles. The quantitative estimate of drug-likeness (QED) is 0.0261. The topological polar surface area (TPSA) is 78.9 Å². The molecule has 0 radical (unpaired) electrons. The van der Waals surface area contributed by atoms with E-state index >= 15 is 0 Å². The third-order valence-electron chi connectivity index (χ3n) is 14.4. The maximum atomic E-state index is 12.9. The second-order valence-corrected chi connectivity index (χ2v) is 22.0. The van der Waals surface area contributed by atoms with E-state index in [1.165, 1.54) is 193 Å². The van der Waals surface area contributed by atoms with Crippen molar-refractivity contribution in [3.05, 3.63) is 85.1 Å². The molecule has 0 rings (SSSR count). The van der Waals surface area contributed by atoms with Gasteiger partial charge >= 0.3 is 17.9 Å². The van der Waals surface area contributed by atoms with E-state index in [0.29, 0.717) is 19.3 Å². The molecular weight excluding hydrogens is 949 g/mol. The molecule has 0 amide bonds. The van der Waals surface area contributed by atoms with Gasteiger partial charge in [0.2, 0.25) is 0 Å². The van der Waals surface area contributed by atoms with Crippen LogP contribution >= 0.6 is 0 Å². The van der Waals surface area contributed by atoms with E-state index in [0.717, 1.165) is 96.3 Å². The summed E-state index contributed by atoms with van der Waals surface area (Å²) in [4.78, 5) is 38.3. The monoisotopic (exact) mass is 1070 g/mol. The van der Waals surface area contributed by atoms with Crippen LogP contribution in [0.4, 0.5) is 0 Å². The van der Waals surface area contributed by atoms with Crippen molar-refractivity contribution in [2.75, 3.05) is 13.2 Å². The minimum atomic E-state index is -0.779. The number of rotatable bonds is 60. The zero-order valence-electron chi connectivity index (χ0n) is 51.0. The first-order valence-corrected chi connectivity index (χ1v) is 33.1. The van der Waals surface area contributed by atoms with Crippen LogP contribution < -0.4 is 0 Å². The zero-order valence-corrected chi connectivity index (χ0v) is 51.0. The summed E-state index contributed by atoms with van der Waals surface area (Å²) in [5.74, 6) is -0.869. The van der Waals surface area contributed by atoms with Crippen molar-refractivity contribution in [1.82, 2.24) is 0 Å². The van der Waals surface area contributed by atoms with E-state index in [-0.39, 0.29) is 31.1 Å². The molecule has 1 unspecified atom stereocenters. The minimum Gasteiger partial charge on any atom is -0.462 e. The fourth-order valence-electron chi connectivity index (χ4n) is 9.44. The highest BCUT2D eigenvalue weighted by atomic mass is 16.6. The second kappa shape index (κ2) is 65.1. The molecule has 0 N–H and O–H groups in total. The highest BCUT2D eigenvalue weighted by Crippen LogP contribution is 2.17. The van der Waals surface area contributed by atoms with Crippen molar-refractivity contribution < 1.29 is 28.6 Å². The van der Waals surface area contributed by atoms with Crippen LogP contribution in [0, 0.1) is 0 Å². The molecule has 444 valence electrons. The van der Waals surface area contributed by atoms with E-state index in [1.54, 1.807) is 0 Å². The summed E-state index contributed by atoms with van der Waals surface area (Å²) in [6, 6.07) is 0. The van der Waals surface area contributed by atoms with Gasteiger partial charge in [-0.25, -0.2) is 0 Å². The molecule has 0 aromatic rings. The normalized spacial score (nSPS) is 12.6. The van der Waals surface area contributed by atoms with Gasteiger partial charge in [0, 0.05) is 19.3 Å². The average Bonchev–Trinajstić information content (AvgIpc) is 3.43. The second-order valence-electron chi connectivity index (χ2n) is 22.0. The fourth-order valence-corrected chi connectivity index (χ4v) is 9.44. The first kappa shape index (κ1) is 73.6. The van der Waals surface area contributed by atoms with E-state index in [2.05, 4.69) is 106 Å². The molecule has 0 saturated carbocycles. The molecule has 0 aromatic heterocycles. The number of unbranched alkanes of at least 4 members (excludes halogenated alkanes) is 35. The molecule has 0 fully saturated rings. The highest BCUT2D eigenvalue weighted by molar-refractivity contribution is 5.71. The highest BCUT2D eigenvalue weighted by Gasteiger charge is 2.19. The van der Waals surface area contributed by atoms with Gasteiger partial charge in [-0.2, -0.15) is 0 Å². The number of carbonyl (C=O) groups is 3. The summed E-state index contributed by atoms with van der Waals surface area (Å²) in [6.07, 6.45) is 85.9. The van der Waals surface area contributed by atoms with E-state index in [9.17, 15) is 14.4 Å². The molecule has 0 aliphatic heterocycles. The maximum Gasteiger partial charge on any atom is 0.306 e. The molecule has 0 saturated heterocycles. The third-order valence-corrected chi connectivity index (χ3v) is 14.4. The molecule has 6 heteroatoms. The fraction of sp³-hybridized carbons (Fsp3) is 0.761. The summed E-state index contributed by atoms with van der Waals surface area (Å²) in [5.41, 5.74) is 0. The first-order chi connectivity index (χ1) is 38.0. The van der Waals surface area contributed by atoms with Crippen LogP contribution in [-0.4, -0.2) is 37.2 Å². The largest absolute Gasteiger partial charge is 0.462 e. The molecule has 1 atom stereocenters. The van der Waals surface area contributed by atoms with Gasteiger partial charge in [-0.05, 0) is 96.3 Å². The van der Waals surface area contributed by atoms with Crippen LogP contribution in [0.3, 0.4) is 0 Å². The third kappa shape index (κ3) is 63.3. The van der Waals surface area contributed by atoms with Crippen LogP contribution in [0.1, 0.15) is 329 Å². The van der Waals surface area contributed by atoms with Gasteiger partial charge in [0.25, 0.3) is 0 Å². The number of hydrogen-bond acceptors (Lipinski definition) is 6. The number of allylic oxidation sites excluding steroid dienone is 14. The van der Waals surface area contributed by atoms with Crippen molar-refractivity contribution in [2.45, 2.75) is 335 Å². The van der Waals surface area contributed by atoms with Crippen LogP contribution in [0.2, 0.25) is 0 Å². The summed E-state index contributed by atoms with van der Waals surface area (Å²) < 4.78 is 16.9. The predicted octanol–water partition coefficient (Wildman–Crippen LogP) is 22.7. The predicted molar refractivity (Wildman–Crippen MR) is 334 cm³/mol. The molecule has 6 nitrogen and oxygen atoms in total. The van der Waals surface area contributed by atoms with E-state index in [1.807, 2.05) is 0 Å². The average molecular weight is 1070 g/mol. The maximum absolute atomic E-state index is 12.9. The summed E-state index contributed by atoms with van der Waals surface area (Å²) >= 11 is 0. The van der Waals surface area contributed by atoms with Gasteiger partial charge in [0.1, 0.15) is 13.2 Å². The Labute approximate surface area is 477 Å². The smallest absolute Gasteiger partial charge is 0.306 e. The number of carbonyl (C=O) groups excluding carboxylic acids is 3. The Balaban J connectivity index is 4.27. The molecule has 0 bridgehead atoms. The summed E-state index contributed by atoms with van der Waals surface area (Å²) in [7, 11) is 0. The Hall–Kier alpha value is -3.41. The van der Waals surface area contributed by atoms with Gasteiger partial charge in [-0.15, -0.1) is 0 Å². The minimum absolute atomic E-state index is 0.0754. The van der Waals surface area contributed by atoms with Gasteiger partial charge in [-0.3, -0.25) is 14.4 Å². The number of hydrogen-bond donors (Lipinski definition) is 0. The summed E-state index contributed by atoms with van der Waals surface area (Å²) in [6.45, 7) is 6.55. The zero-order chi connectivity index (χ0) is 55.7.